The van der Waals surface area contributed by atoms with Gasteiger partial charge in [-0.2, -0.15) is 0 Å². The van der Waals surface area contributed by atoms with Crippen LogP contribution in [0.3, 0.4) is 0 Å². The average molecular weight is 889 g/mol. The zero-order chi connectivity index (χ0) is 44.7. The first-order chi connectivity index (χ1) is 30.9. The van der Waals surface area contributed by atoms with Crippen molar-refractivity contribution in [3.63, 3.8) is 0 Å². The van der Waals surface area contributed by atoms with Crippen LogP contribution in [-0.2, 0) is 47.6 Å². The van der Waals surface area contributed by atoms with Gasteiger partial charge in [0.1, 0.15) is 0 Å². The summed E-state index contributed by atoms with van der Waals surface area (Å²) in [6, 6.07) is 0. The number of ether oxygens (including phenoxy) is 6. The smallest absolute Gasteiger partial charge is 0.309 e. The van der Waals surface area contributed by atoms with Crippen LogP contribution in [0.1, 0.15) is 239 Å². The predicted molar refractivity (Wildman–Crippen MR) is 248 cm³/mol. The first-order valence-corrected chi connectivity index (χ1v) is 26.9. The molecule has 0 bridgehead atoms. The fourth-order valence-corrected chi connectivity index (χ4v) is 9.98. The van der Waals surface area contributed by atoms with Crippen LogP contribution in [0, 0.1) is 23.7 Å². The number of carbonyl (C=O) groups is 4. The minimum Gasteiger partial charge on any atom is -0.465 e. The topological polar surface area (TPSA) is 130 Å². The van der Waals surface area contributed by atoms with Crippen molar-refractivity contribution in [2.24, 2.45) is 23.7 Å². The van der Waals surface area contributed by atoms with Gasteiger partial charge in [-0.25, -0.2) is 0 Å². The molecule has 4 aliphatic rings. The predicted octanol–water partition coefficient (Wildman–Crippen LogP) is 12.9. The van der Waals surface area contributed by atoms with Gasteiger partial charge >= 0.3 is 23.9 Å². The van der Waals surface area contributed by atoms with Crippen molar-refractivity contribution in [3.05, 3.63) is 0 Å². The third-order valence-corrected chi connectivity index (χ3v) is 14.3. The van der Waals surface area contributed by atoms with Gasteiger partial charge in [-0.3, -0.25) is 19.2 Å². The Labute approximate surface area is 383 Å². The Bertz CT molecular complexity index is 1150. The summed E-state index contributed by atoms with van der Waals surface area (Å²) in [6.07, 6.45) is 39.3. The van der Waals surface area contributed by atoms with E-state index in [4.69, 9.17) is 28.4 Å². The van der Waals surface area contributed by atoms with Crippen LogP contribution in [-0.4, -0.2) is 74.7 Å². The zero-order valence-electron chi connectivity index (χ0n) is 40.3. The summed E-state index contributed by atoms with van der Waals surface area (Å²) in [5.74, 6) is -2.87. The molecule has 2 saturated carbocycles. The van der Waals surface area contributed by atoms with Crippen LogP contribution in [0.4, 0.5) is 0 Å². The van der Waals surface area contributed by atoms with Crippen molar-refractivity contribution >= 4 is 23.9 Å². The van der Waals surface area contributed by atoms with Crippen LogP contribution < -0.4 is 0 Å². The molecule has 10 heteroatoms. The van der Waals surface area contributed by atoms with Gasteiger partial charge in [-0.1, -0.05) is 187 Å². The molecular weight excluding hydrogens is 797 g/mol. The molecular formula is C53H92O10. The Morgan fingerprint density at radius 3 is 0.667 bits per heavy atom. The number of unbranched alkanes of at least 4 members (excludes halogenated alkanes) is 28. The van der Waals surface area contributed by atoms with E-state index in [2.05, 4.69) is 13.8 Å². The lowest BCUT2D eigenvalue weighted by molar-refractivity contribution is -0.162. The second-order valence-electron chi connectivity index (χ2n) is 19.7. The van der Waals surface area contributed by atoms with E-state index in [9.17, 15) is 19.2 Å². The first-order valence-electron chi connectivity index (χ1n) is 26.9. The summed E-state index contributed by atoms with van der Waals surface area (Å²) < 4.78 is 34.1. The van der Waals surface area contributed by atoms with Gasteiger partial charge in [0, 0.05) is 0 Å². The van der Waals surface area contributed by atoms with Gasteiger partial charge in [0.2, 0.25) is 0 Å². The van der Waals surface area contributed by atoms with Gasteiger partial charge in [0.15, 0.2) is 0 Å². The van der Waals surface area contributed by atoms with Gasteiger partial charge in [0.25, 0.3) is 0 Å². The number of esters is 4. The lowest BCUT2D eigenvalue weighted by Gasteiger charge is -2.26. The highest BCUT2D eigenvalue weighted by Gasteiger charge is 2.54. The van der Waals surface area contributed by atoms with E-state index in [-0.39, 0.29) is 48.3 Å². The summed E-state index contributed by atoms with van der Waals surface area (Å²) in [7, 11) is 0. The number of rotatable bonds is 40. The normalized spacial score (nSPS) is 24.5. The lowest BCUT2D eigenvalue weighted by Crippen LogP contribution is -2.37. The highest BCUT2D eigenvalue weighted by molar-refractivity contribution is 5.83. The third-order valence-electron chi connectivity index (χ3n) is 14.3. The Hall–Kier alpha value is -2.20. The maximum absolute atomic E-state index is 13.1. The summed E-state index contributed by atoms with van der Waals surface area (Å²) >= 11 is 0. The number of hydrogen-bond acceptors (Lipinski definition) is 10. The van der Waals surface area contributed by atoms with E-state index in [1.165, 1.54) is 135 Å². The molecule has 2 aliphatic heterocycles. The fourth-order valence-electron chi connectivity index (χ4n) is 9.98. The maximum atomic E-state index is 13.1. The van der Waals surface area contributed by atoms with Crippen molar-refractivity contribution < 1.29 is 47.6 Å². The Morgan fingerprint density at radius 1 is 0.302 bits per heavy atom. The maximum Gasteiger partial charge on any atom is 0.309 e. The summed E-state index contributed by atoms with van der Waals surface area (Å²) in [5, 5.41) is 0. The van der Waals surface area contributed by atoms with Crippen LogP contribution in [0.25, 0.3) is 0 Å². The van der Waals surface area contributed by atoms with Crippen LogP contribution >= 0.6 is 0 Å². The van der Waals surface area contributed by atoms with Crippen LogP contribution in [0.5, 0.6) is 0 Å². The van der Waals surface area contributed by atoms with Gasteiger partial charge in [-0.05, 0) is 51.4 Å². The quantitative estimate of drug-likeness (QED) is 0.0254. The molecule has 0 N–H and O–H groups in total. The standard InChI is InChI=1S/C53H92O10/c1-3-5-7-9-11-13-18-22-26-30-34-58-50(54)42-38-46-48(62-46)40-44(42)52(56)60-36-32-28-24-20-16-15-17-21-25-29-33-37-61-53(57)45-41-49-47(63-49)39-43(45)51(55)59-35-31-27-23-19-14-12-10-8-6-4-2/h42-49H,3-41H2,1-2H3. The molecule has 10 nitrogen and oxygen atoms in total. The molecule has 0 amide bonds. The molecule has 8 atom stereocenters. The molecule has 4 rings (SSSR count). The average Bonchev–Trinajstić information content (AvgIpc) is 4.23. The highest BCUT2D eigenvalue weighted by Crippen LogP contribution is 2.45. The molecule has 0 aromatic carbocycles. The second kappa shape index (κ2) is 33.3. The molecule has 2 aliphatic carbocycles. The second-order valence-corrected chi connectivity index (χ2v) is 19.7. The van der Waals surface area contributed by atoms with E-state index in [1.807, 2.05) is 0 Å². The van der Waals surface area contributed by atoms with Crippen molar-refractivity contribution in [1.29, 1.82) is 0 Å². The van der Waals surface area contributed by atoms with Gasteiger partial charge in [0.05, 0.1) is 74.5 Å². The highest BCUT2D eigenvalue weighted by atomic mass is 16.6. The molecule has 2 saturated heterocycles. The number of fused-ring (bicyclic) bond motifs is 2. The Morgan fingerprint density at radius 2 is 0.476 bits per heavy atom. The number of epoxide rings is 2. The molecule has 0 aromatic rings. The van der Waals surface area contributed by atoms with E-state index in [0.717, 1.165) is 64.2 Å². The van der Waals surface area contributed by atoms with Crippen molar-refractivity contribution in [2.75, 3.05) is 26.4 Å². The van der Waals surface area contributed by atoms with Crippen molar-refractivity contribution in [2.45, 2.75) is 263 Å². The fraction of sp³-hybridized carbons (Fsp3) is 0.925. The molecule has 4 fully saturated rings. The van der Waals surface area contributed by atoms with Crippen LogP contribution in [0.15, 0.2) is 0 Å². The Balaban J connectivity index is 0.923. The number of hydrogen-bond donors (Lipinski definition) is 0. The molecule has 63 heavy (non-hydrogen) atoms. The molecule has 0 radical (unpaired) electrons. The van der Waals surface area contributed by atoms with E-state index < -0.39 is 23.7 Å². The molecule has 2 heterocycles. The summed E-state index contributed by atoms with van der Waals surface area (Å²) in [5.41, 5.74) is 0. The summed E-state index contributed by atoms with van der Waals surface area (Å²) in [4.78, 5) is 52.1. The van der Waals surface area contributed by atoms with Crippen LogP contribution in [0.2, 0.25) is 0 Å². The minimum absolute atomic E-state index is 0.0861. The molecule has 0 spiro atoms. The molecule has 8 unspecified atom stereocenters. The van der Waals surface area contributed by atoms with Gasteiger partial charge in [-0.15, -0.1) is 0 Å². The first kappa shape index (κ1) is 53.4. The molecule has 0 aromatic heterocycles. The van der Waals surface area contributed by atoms with E-state index in [1.54, 1.807) is 0 Å². The zero-order valence-corrected chi connectivity index (χ0v) is 40.3. The molecule has 364 valence electrons. The van der Waals surface area contributed by atoms with E-state index in [0.29, 0.717) is 52.1 Å². The largest absolute Gasteiger partial charge is 0.465 e. The monoisotopic (exact) mass is 889 g/mol. The Kier molecular flexibility index (Phi) is 28.2. The van der Waals surface area contributed by atoms with Crippen molar-refractivity contribution in [1.82, 2.24) is 0 Å². The lowest BCUT2D eigenvalue weighted by atomic mass is 9.79. The van der Waals surface area contributed by atoms with Gasteiger partial charge < -0.3 is 28.4 Å². The van der Waals surface area contributed by atoms with E-state index >= 15 is 0 Å². The SMILES string of the molecule is CCCCCCCCCCCCOC(=O)C1CC2OC2CC1C(=O)OCCCCCCCCCCCCCOC(=O)C1CC2OC2CC1C(=O)OCCCCCCCCCCCC. The summed E-state index contributed by atoms with van der Waals surface area (Å²) in [6.45, 7) is 6.17. The minimum atomic E-state index is -0.458. The number of carbonyl (C=O) groups excluding carboxylic acids is 4. The van der Waals surface area contributed by atoms with Crippen molar-refractivity contribution in [3.8, 4) is 0 Å². The third kappa shape index (κ3) is 22.7.